The average molecular weight is 1030 g/mol. The quantitative estimate of drug-likeness (QED) is 0.0140. The Morgan fingerprint density at radius 2 is 0.597 bits per heavy atom. The second kappa shape index (κ2) is 30.6. The minimum Gasteiger partial charge on any atom is -0.508 e. The number of ketones is 4. The highest BCUT2D eigenvalue weighted by Gasteiger charge is 2.10. The molecule has 0 spiro atoms. The summed E-state index contributed by atoms with van der Waals surface area (Å²) in [6, 6.07) is 59.1. The van der Waals surface area contributed by atoms with Gasteiger partial charge in [0, 0.05) is 22.3 Å². The number of rotatable bonds is 20. The van der Waals surface area contributed by atoms with Crippen LogP contribution in [0.2, 0.25) is 0 Å². The number of allylic oxidation sites excluding steroid dienone is 4. The monoisotopic (exact) mass is 1030 g/mol. The molecule has 0 unspecified atom stereocenters. The van der Waals surface area contributed by atoms with E-state index in [0.717, 1.165) is 38.9 Å². The Bertz CT molecular complexity index is 3270. The molecule has 386 valence electrons. The molecule has 8 aromatic carbocycles. The normalized spacial score (nSPS) is 10.9. The Balaban J connectivity index is 0.000000207. The first-order chi connectivity index (χ1) is 37.5. The molecule has 0 saturated heterocycles. The van der Waals surface area contributed by atoms with Gasteiger partial charge >= 0.3 is 5.97 Å². The number of benzene rings is 8. The number of hydrogen-bond acceptors (Lipinski definition) is 13. The van der Waals surface area contributed by atoms with Gasteiger partial charge in [-0.25, -0.2) is 19.5 Å². The van der Waals surface area contributed by atoms with Gasteiger partial charge in [-0.1, -0.05) is 170 Å². The van der Waals surface area contributed by atoms with Gasteiger partial charge < -0.3 is 9.84 Å². The molecule has 0 heterocycles. The summed E-state index contributed by atoms with van der Waals surface area (Å²) in [5, 5.41) is 34.3. The number of carbonyl (C=O) groups is 5. The first-order valence-corrected chi connectivity index (χ1v) is 23.8. The highest BCUT2D eigenvalue weighted by Crippen LogP contribution is 2.18. The third kappa shape index (κ3) is 19.3. The second-order valence-corrected chi connectivity index (χ2v) is 16.7. The Labute approximate surface area is 444 Å². The minimum atomic E-state index is -0.532. The number of hydrogen-bond donors (Lipinski definition) is 4. The smallest absolute Gasteiger partial charge is 0.343 e. The van der Waals surface area contributed by atoms with Crippen LogP contribution in [0.25, 0.3) is 24.3 Å². The number of ether oxygens (including phenoxy) is 1. The predicted octanol–water partition coefficient (Wildman–Crippen LogP) is 13.5. The highest BCUT2D eigenvalue weighted by atomic mass is 17.1. The highest BCUT2D eigenvalue weighted by molar-refractivity contribution is 6.08. The maximum Gasteiger partial charge on any atom is 0.343 e. The number of carbonyl (C=O) groups excluding carboxylic acids is 5. The molecule has 8 aromatic rings. The van der Waals surface area contributed by atoms with Crippen molar-refractivity contribution < 1.29 is 64.3 Å². The van der Waals surface area contributed by atoms with Gasteiger partial charge in [-0.15, -0.1) is 0 Å². The van der Waals surface area contributed by atoms with Crippen LogP contribution in [0.15, 0.2) is 231 Å². The van der Waals surface area contributed by atoms with E-state index in [1.807, 2.05) is 84.9 Å². The largest absolute Gasteiger partial charge is 0.508 e. The summed E-state index contributed by atoms with van der Waals surface area (Å²) >= 11 is 0. The van der Waals surface area contributed by atoms with E-state index >= 15 is 0 Å². The first-order valence-electron chi connectivity index (χ1n) is 23.8. The summed E-state index contributed by atoms with van der Waals surface area (Å²) in [4.78, 5) is 73.1. The van der Waals surface area contributed by atoms with Gasteiger partial charge in [-0.3, -0.25) is 34.9 Å². The van der Waals surface area contributed by atoms with Gasteiger partial charge in [-0.05, 0) is 124 Å². The molecular weight excluding hydrogens is 977 g/mol. The van der Waals surface area contributed by atoms with Crippen LogP contribution in [0.5, 0.6) is 11.5 Å². The van der Waals surface area contributed by atoms with Crippen molar-refractivity contribution in [1.29, 1.82) is 0 Å². The van der Waals surface area contributed by atoms with E-state index in [0.29, 0.717) is 33.6 Å². The first kappa shape index (κ1) is 56.7. The van der Waals surface area contributed by atoms with E-state index in [1.54, 1.807) is 140 Å². The zero-order valence-corrected chi connectivity index (χ0v) is 41.3. The van der Waals surface area contributed by atoms with Crippen LogP contribution in [0.3, 0.4) is 0 Å². The van der Waals surface area contributed by atoms with Crippen LogP contribution in [-0.2, 0) is 34.5 Å². The van der Waals surface area contributed by atoms with E-state index in [-0.39, 0.29) is 48.7 Å². The van der Waals surface area contributed by atoms with E-state index < -0.39 is 5.97 Å². The summed E-state index contributed by atoms with van der Waals surface area (Å²) in [5.41, 5.74) is 8.52. The summed E-state index contributed by atoms with van der Waals surface area (Å²) in [6.07, 6.45) is 12.8. The molecule has 0 bridgehead atoms. The Morgan fingerprint density at radius 1 is 0.325 bits per heavy atom. The lowest BCUT2D eigenvalue weighted by molar-refractivity contribution is -0.253. The fraction of sp³-hybridized carbons (Fsp3) is 0.0469. The van der Waals surface area contributed by atoms with Crippen molar-refractivity contribution in [2.45, 2.75) is 19.8 Å². The predicted molar refractivity (Wildman–Crippen MR) is 294 cm³/mol. The van der Waals surface area contributed by atoms with Crippen molar-refractivity contribution in [2.24, 2.45) is 0 Å². The van der Waals surface area contributed by atoms with Gasteiger partial charge in [0.25, 0.3) is 0 Å². The molecule has 0 amide bonds. The van der Waals surface area contributed by atoms with E-state index in [2.05, 4.69) is 14.7 Å². The number of phenolic OH excluding ortho intramolecular Hbond substituents is 1. The molecule has 0 fully saturated rings. The summed E-state index contributed by atoms with van der Waals surface area (Å²) in [7, 11) is 0. The van der Waals surface area contributed by atoms with Crippen molar-refractivity contribution in [3.8, 4) is 11.5 Å². The summed E-state index contributed by atoms with van der Waals surface area (Å²) in [6.45, 7) is 0.392. The van der Waals surface area contributed by atoms with Crippen molar-refractivity contribution in [3.63, 3.8) is 0 Å². The van der Waals surface area contributed by atoms with E-state index in [1.165, 1.54) is 30.4 Å². The van der Waals surface area contributed by atoms with Crippen molar-refractivity contribution in [3.05, 3.63) is 297 Å². The minimum absolute atomic E-state index is 0.0247. The van der Waals surface area contributed by atoms with Crippen molar-refractivity contribution in [2.75, 3.05) is 0 Å². The third-order valence-corrected chi connectivity index (χ3v) is 11.1. The SMILES string of the molecule is O=C(/C=C/c1ccc(C(=O)Oc2ccc(C(=O)/C=C/c3ccc(COO)cc3)cc2)cc1)c1ccccc1.O=C(/C=C/c1ccc(COO)cc1)c1ccc(O)cc1.O=C(/C=C/c1ccc(COO)cc1)c1ccccc1. The molecule has 13 nitrogen and oxygen atoms in total. The fourth-order valence-corrected chi connectivity index (χ4v) is 6.89. The lowest BCUT2D eigenvalue weighted by Gasteiger charge is -2.05. The van der Waals surface area contributed by atoms with Gasteiger partial charge in [0.2, 0.25) is 0 Å². The molecule has 0 aliphatic rings. The van der Waals surface area contributed by atoms with Gasteiger partial charge in [0.1, 0.15) is 31.3 Å². The standard InChI is InChI=1S/C32H24O6.C16H14O4.C16H14O3/c33-30(26-4-2-1-3-5-26)20-13-24-10-14-28(15-11-24)32(35)38-29-18-16-27(17-19-29)31(34)21-12-23-6-8-25(9-7-23)22-37-36;17-15-8-6-14(7-9-15)16(18)10-5-12-1-3-13(4-2-12)11-20-19;17-16(15-4-2-1-3-5-15)11-10-13-6-8-14(9-7-13)12-19-18/h1-21,36H,22H2;1-10,17,19H,11H2;1-11,18H,12H2/b20-13+,21-12+;10-5+;11-10+. The Hall–Kier alpha value is -9.57. The van der Waals surface area contributed by atoms with Crippen LogP contribution in [0.1, 0.15) is 90.7 Å². The Morgan fingerprint density at radius 3 is 0.909 bits per heavy atom. The molecule has 13 heteroatoms. The lowest BCUT2D eigenvalue weighted by atomic mass is 10.1. The number of aromatic hydroxyl groups is 1. The molecule has 0 radical (unpaired) electrons. The molecule has 0 aliphatic heterocycles. The van der Waals surface area contributed by atoms with Crippen LogP contribution in [-0.4, -0.2) is 50.0 Å². The molecule has 77 heavy (non-hydrogen) atoms. The van der Waals surface area contributed by atoms with Crippen molar-refractivity contribution >= 4 is 53.4 Å². The van der Waals surface area contributed by atoms with E-state index in [9.17, 15) is 24.0 Å². The van der Waals surface area contributed by atoms with Gasteiger partial charge in [0.05, 0.1) is 5.56 Å². The lowest BCUT2D eigenvalue weighted by Crippen LogP contribution is -2.08. The molecule has 0 aliphatic carbocycles. The van der Waals surface area contributed by atoms with Gasteiger partial charge in [0.15, 0.2) is 23.1 Å². The zero-order chi connectivity index (χ0) is 54.6. The topological polar surface area (TPSA) is 203 Å². The zero-order valence-electron chi connectivity index (χ0n) is 41.3. The van der Waals surface area contributed by atoms with Crippen LogP contribution >= 0.6 is 0 Å². The van der Waals surface area contributed by atoms with Crippen LogP contribution in [0.4, 0.5) is 0 Å². The molecule has 0 aromatic heterocycles. The van der Waals surface area contributed by atoms with E-state index in [4.69, 9.17) is 25.6 Å². The van der Waals surface area contributed by atoms with Crippen LogP contribution < -0.4 is 4.74 Å². The molecule has 0 atom stereocenters. The average Bonchev–Trinajstić information content (AvgIpc) is 3.47. The Kier molecular flexibility index (Phi) is 22.5. The molecule has 8 rings (SSSR count). The fourth-order valence-electron chi connectivity index (χ4n) is 6.89. The van der Waals surface area contributed by atoms with Crippen LogP contribution in [0, 0.1) is 0 Å². The summed E-state index contributed by atoms with van der Waals surface area (Å²) < 4.78 is 5.42. The number of phenols is 1. The molecule has 4 N–H and O–H groups in total. The maximum atomic E-state index is 12.5. The van der Waals surface area contributed by atoms with Crippen molar-refractivity contribution in [1.82, 2.24) is 0 Å². The van der Waals surface area contributed by atoms with Gasteiger partial charge in [-0.2, -0.15) is 0 Å². The number of esters is 1. The maximum absolute atomic E-state index is 12.5. The molecular formula is C64H52O13. The molecule has 0 saturated carbocycles. The second-order valence-electron chi connectivity index (χ2n) is 16.7. The third-order valence-electron chi connectivity index (χ3n) is 11.1. The summed E-state index contributed by atoms with van der Waals surface area (Å²) in [5.74, 6) is -0.539.